The van der Waals surface area contributed by atoms with Gasteiger partial charge in [0.15, 0.2) is 0 Å². The standard InChI is InChI=1S/C11H13NO3/c1-7-2-3-8(11(13)14)9(6-7)10-12-4-5-15-10/h2-3,6,10,12H,4-5H2,1H3,(H,13,14). The SMILES string of the molecule is Cc1ccc(C(=O)O)c(C2NCCO2)c1. The van der Waals surface area contributed by atoms with Gasteiger partial charge in [-0.1, -0.05) is 17.7 Å². The van der Waals surface area contributed by atoms with Crippen molar-refractivity contribution in [1.29, 1.82) is 0 Å². The van der Waals surface area contributed by atoms with Gasteiger partial charge in [-0.3, -0.25) is 5.32 Å². The average Bonchev–Trinajstić information content (AvgIpc) is 2.69. The van der Waals surface area contributed by atoms with Crippen LogP contribution in [0.3, 0.4) is 0 Å². The molecule has 4 heteroatoms. The van der Waals surface area contributed by atoms with Crippen molar-refractivity contribution in [3.05, 3.63) is 34.9 Å². The number of nitrogens with one attached hydrogen (secondary N) is 1. The van der Waals surface area contributed by atoms with Crippen LogP contribution in [0.25, 0.3) is 0 Å². The number of benzene rings is 1. The molecule has 1 atom stereocenters. The Labute approximate surface area is 87.9 Å². The zero-order valence-corrected chi connectivity index (χ0v) is 8.49. The third kappa shape index (κ3) is 2.00. The van der Waals surface area contributed by atoms with Crippen LogP contribution in [0.4, 0.5) is 0 Å². The third-order valence-corrected chi connectivity index (χ3v) is 2.44. The topological polar surface area (TPSA) is 58.6 Å². The van der Waals surface area contributed by atoms with Gasteiger partial charge in [-0.15, -0.1) is 0 Å². The van der Waals surface area contributed by atoms with E-state index in [9.17, 15) is 4.79 Å². The van der Waals surface area contributed by atoms with E-state index in [0.717, 1.165) is 12.1 Å². The fourth-order valence-electron chi connectivity index (χ4n) is 1.72. The Kier molecular flexibility index (Phi) is 2.70. The van der Waals surface area contributed by atoms with Gasteiger partial charge in [0.05, 0.1) is 12.2 Å². The number of aryl methyl sites for hydroxylation is 1. The van der Waals surface area contributed by atoms with Crippen LogP contribution in [0.5, 0.6) is 0 Å². The van der Waals surface area contributed by atoms with Crippen LogP contribution in [0.1, 0.15) is 27.7 Å². The van der Waals surface area contributed by atoms with Gasteiger partial charge in [0.1, 0.15) is 6.23 Å². The molecule has 0 radical (unpaired) electrons. The molecule has 0 aliphatic carbocycles. The summed E-state index contributed by atoms with van der Waals surface area (Å²) in [4.78, 5) is 11.0. The van der Waals surface area contributed by atoms with E-state index in [2.05, 4.69) is 5.32 Å². The van der Waals surface area contributed by atoms with Crippen LogP contribution in [0.2, 0.25) is 0 Å². The summed E-state index contributed by atoms with van der Waals surface area (Å²) in [6, 6.07) is 5.27. The minimum absolute atomic E-state index is 0.281. The first-order valence-corrected chi connectivity index (χ1v) is 4.87. The molecule has 1 fully saturated rings. The van der Waals surface area contributed by atoms with Crippen molar-refractivity contribution in [3.8, 4) is 0 Å². The summed E-state index contributed by atoms with van der Waals surface area (Å²) in [5.41, 5.74) is 2.05. The quantitative estimate of drug-likeness (QED) is 0.767. The summed E-state index contributed by atoms with van der Waals surface area (Å²) < 4.78 is 5.41. The van der Waals surface area contributed by atoms with Gasteiger partial charge >= 0.3 is 5.97 Å². The van der Waals surface area contributed by atoms with E-state index >= 15 is 0 Å². The molecule has 1 unspecified atom stereocenters. The van der Waals surface area contributed by atoms with Crippen molar-refractivity contribution in [2.45, 2.75) is 13.2 Å². The Morgan fingerprint density at radius 1 is 1.60 bits per heavy atom. The Bertz CT molecular complexity index is 383. The molecule has 2 N–H and O–H groups in total. The van der Waals surface area contributed by atoms with Crippen molar-refractivity contribution >= 4 is 5.97 Å². The molecule has 15 heavy (non-hydrogen) atoms. The van der Waals surface area contributed by atoms with Crippen LogP contribution in [-0.2, 0) is 4.74 Å². The Hall–Kier alpha value is -1.39. The summed E-state index contributed by atoms with van der Waals surface area (Å²) >= 11 is 0. The van der Waals surface area contributed by atoms with Gasteiger partial charge in [0, 0.05) is 12.1 Å². The minimum atomic E-state index is -0.915. The maximum absolute atomic E-state index is 11.0. The molecule has 80 valence electrons. The molecule has 0 aromatic heterocycles. The van der Waals surface area contributed by atoms with Gasteiger partial charge in [-0.25, -0.2) is 4.79 Å². The summed E-state index contributed by atoms with van der Waals surface area (Å²) in [5.74, 6) is -0.915. The predicted molar refractivity (Wildman–Crippen MR) is 54.8 cm³/mol. The fraction of sp³-hybridized carbons (Fsp3) is 0.364. The van der Waals surface area contributed by atoms with E-state index in [1.807, 2.05) is 13.0 Å². The first kappa shape index (κ1) is 10.1. The lowest BCUT2D eigenvalue weighted by Crippen LogP contribution is -2.17. The highest BCUT2D eigenvalue weighted by molar-refractivity contribution is 5.89. The summed E-state index contributed by atoms with van der Waals surface area (Å²) in [7, 11) is 0. The largest absolute Gasteiger partial charge is 0.478 e. The molecule has 2 rings (SSSR count). The van der Waals surface area contributed by atoms with Crippen molar-refractivity contribution in [1.82, 2.24) is 5.32 Å². The van der Waals surface area contributed by atoms with Crippen molar-refractivity contribution in [2.75, 3.05) is 13.2 Å². The molecule has 1 saturated heterocycles. The van der Waals surface area contributed by atoms with Crippen LogP contribution >= 0.6 is 0 Å². The van der Waals surface area contributed by atoms with Gasteiger partial charge < -0.3 is 9.84 Å². The van der Waals surface area contributed by atoms with Crippen LogP contribution in [-0.4, -0.2) is 24.2 Å². The second-order valence-electron chi connectivity index (χ2n) is 3.60. The summed E-state index contributed by atoms with van der Waals surface area (Å²) in [6.07, 6.45) is -0.281. The lowest BCUT2D eigenvalue weighted by Gasteiger charge is -2.13. The molecule has 1 aliphatic rings. The summed E-state index contributed by atoms with van der Waals surface area (Å²) in [6.45, 7) is 3.32. The molecule has 0 amide bonds. The Morgan fingerprint density at radius 2 is 2.40 bits per heavy atom. The molecule has 1 heterocycles. The van der Waals surface area contributed by atoms with Gasteiger partial charge in [-0.2, -0.15) is 0 Å². The maximum Gasteiger partial charge on any atom is 0.336 e. The second-order valence-corrected chi connectivity index (χ2v) is 3.60. The first-order chi connectivity index (χ1) is 7.18. The normalized spacial score (nSPS) is 20.5. The monoisotopic (exact) mass is 207 g/mol. The highest BCUT2D eigenvalue weighted by Crippen LogP contribution is 2.23. The molecule has 0 bridgehead atoms. The van der Waals surface area contributed by atoms with Crippen LogP contribution < -0.4 is 5.32 Å². The highest BCUT2D eigenvalue weighted by Gasteiger charge is 2.22. The van der Waals surface area contributed by atoms with E-state index in [-0.39, 0.29) is 6.23 Å². The van der Waals surface area contributed by atoms with Crippen molar-refractivity contribution < 1.29 is 14.6 Å². The molecule has 0 spiro atoms. The molecular formula is C11H13NO3. The van der Waals surface area contributed by atoms with Gasteiger partial charge in [0.2, 0.25) is 0 Å². The molecular weight excluding hydrogens is 194 g/mol. The number of rotatable bonds is 2. The molecule has 1 aliphatic heterocycles. The zero-order valence-electron chi connectivity index (χ0n) is 8.49. The number of ether oxygens (including phenoxy) is 1. The number of hydrogen-bond acceptors (Lipinski definition) is 3. The lowest BCUT2D eigenvalue weighted by atomic mass is 10.0. The Morgan fingerprint density at radius 3 is 3.00 bits per heavy atom. The number of carboxylic acid groups (broad SMARTS) is 1. The fourth-order valence-corrected chi connectivity index (χ4v) is 1.72. The molecule has 1 aromatic carbocycles. The van der Waals surface area contributed by atoms with E-state index < -0.39 is 5.97 Å². The average molecular weight is 207 g/mol. The molecule has 1 aromatic rings. The van der Waals surface area contributed by atoms with Crippen molar-refractivity contribution in [2.24, 2.45) is 0 Å². The second kappa shape index (κ2) is 4.00. The minimum Gasteiger partial charge on any atom is -0.478 e. The number of carbonyl (C=O) groups is 1. The van der Waals surface area contributed by atoms with Gasteiger partial charge in [-0.05, 0) is 13.0 Å². The number of carboxylic acids is 1. The maximum atomic E-state index is 11.0. The van der Waals surface area contributed by atoms with Crippen molar-refractivity contribution in [3.63, 3.8) is 0 Å². The van der Waals surface area contributed by atoms with Gasteiger partial charge in [0.25, 0.3) is 0 Å². The molecule has 4 nitrogen and oxygen atoms in total. The number of hydrogen-bond donors (Lipinski definition) is 2. The van der Waals surface area contributed by atoms with E-state index in [4.69, 9.17) is 9.84 Å². The number of aromatic carboxylic acids is 1. The molecule has 0 saturated carbocycles. The van der Waals surface area contributed by atoms with Crippen LogP contribution in [0.15, 0.2) is 18.2 Å². The van der Waals surface area contributed by atoms with E-state index in [1.54, 1.807) is 12.1 Å². The smallest absolute Gasteiger partial charge is 0.336 e. The Balaban J connectivity index is 2.41. The zero-order chi connectivity index (χ0) is 10.8. The highest BCUT2D eigenvalue weighted by atomic mass is 16.5. The summed E-state index contributed by atoms with van der Waals surface area (Å²) in [5, 5.41) is 12.1. The third-order valence-electron chi connectivity index (χ3n) is 2.44. The lowest BCUT2D eigenvalue weighted by molar-refractivity contribution is 0.0676. The van der Waals surface area contributed by atoms with E-state index in [0.29, 0.717) is 17.7 Å². The van der Waals surface area contributed by atoms with Crippen LogP contribution in [0, 0.1) is 6.92 Å². The first-order valence-electron chi connectivity index (χ1n) is 4.87. The predicted octanol–water partition coefficient (Wildman–Crippen LogP) is 1.31. The van der Waals surface area contributed by atoms with E-state index in [1.165, 1.54) is 0 Å².